The number of unbranched alkanes of at least 4 members (excludes halogenated alkanes) is 1. The quantitative estimate of drug-likeness (QED) is 0.342. The number of carboxylic acid groups (broad SMARTS) is 2. The summed E-state index contributed by atoms with van der Waals surface area (Å²) >= 11 is 0. The fourth-order valence-corrected chi connectivity index (χ4v) is 1.29. The Kier molecular flexibility index (Phi) is 7.68. The van der Waals surface area contributed by atoms with Crippen molar-refractivity contribution in [1.29, 1.82) is 0 Å². The van der Waals surface area contributed by atoms with Crippen molar-refractivity contribution in [2.24, 2.45) is 9.98 Å². The first-order chi connectivity index (χ1) is 8.52. The fourth-order valence-electron chi connectivity index (χ4n) is 1.29. The second-order valence-electron chi connectivity index (χ2n) is 3.43. The van der Waals surface area contributed by atoms with Gasteiger partial charge in [0.1, 0.15) is 0 Å². The van der Waals surface area contributed by atoms with Crippen molar-refractivity contribution < 1.29 is 29.4 Å². The van der Waals surface area contributed by atoms with E-state index in [0.29, 0.717) is 12.8 Å². The van der Waals surface area contributed by atoms with Crippen molar-refractivity contribution in [3.05, 3.63) is 0 Å². The van der Waals surface area contributed by atoms with Gasteiger partial charge in [0, 0.05) is 0 Å². The Morgan fingerprint density at radius 3 is 1.44 bits per heavy atom. The van der Waals surface area contributed by atoms with Gasteiger partial charge in [0.2, 0.25) is 12.2 Å². The molecule has 8 nitrogen and oxygen atoms in total. The molecule has 18 heavy (non-hydrogen) atoms. The third kappa shape index (κ3) is 6.32. The molecule has 0 aromatic carbocycles. The van der Waals surface area contributed by atoms with Gasteiger partial charge in [0.05, 0.1) is 0 Å². The van der Waals surface area contributed by atoms with Crippen LogP contribution in [-0.4, -0.2) is 46.4 Å². The predicted molar refractivity (Wildman–Crippen MR) is 57.6 cm³/mol. The van der Waals surface area contributed by atoms with Crippen LogP contribution in [0.15, 0.2) is 9.98 Å². The summed E-state index contributed by atoms with van der Waals surface area (Å²) in [5, 5.41) is 17.3. The lowest BCUT2D eigenvalue weighted by Gasteiger charge is -2.07. The SMILES string of the molecule is O=C=NC(CCCCC(N=C=O)C(=O)O)C(=O)O. The third-order valence-electron chi connectivity index (χ3n) is 2.19. The van der Waals surface area contributed by atoms with Gasteiger partial charge >= 0.3 is 11.9 Å². The summed E-state index contributed by atoms with van der Waals surface area (Å²) < 4.78 is 0. The molecule has 0 aromatic rings. The molecule has 0 aliphatic rings. The predicted octanol–water partition coefficient (Wildman–Crippen LogP) is 0.125. The molecule has 98 valence electrons. The van der Waals surface area contributed by atoms with Crippen molar-refractivity contribution in [3.8, 4) is 0 Å². The molecule has 2 atom stereocenters. The molecule has 0 aliphatic carbocycles. The van der Waals surface area contributed by atoms with E-state index in [-0.39, 0.29) is 12.8 Å². The normalized spacial score (nSPS) is 12.7. The van der Waals surface area contributed by atoms with Crippen LogP contribution in [-0.2, 0) is 19.2 Å². The number of hydrogen-bond acceptors (Lipinski definition) is 6. The molecule has 0 heterocycles. The molecule has 2 unspecified atom stereocenters. The minimum Gasteiger partial charge on any atom is -0.480 e. The van der Waals surface area contributed by atoms with E-state index in [1.807, 2.05) is 0 Å². The van der Waals surface area contributed by atoms with Crippen LogP contribution in [0.2, 0.25) is 0 Å². The van der Waals surface area contributed by atoms with E-state index in [1.165, 1.54) is 12.2 Å². The Morgan fingerprint density at radius 2 is 1.22 bits per heavy atom. The molecule has 0 aliphatic heterocycles. The minimum atomic E-state index is -1.24. The first-order valence-corrected chi connectivity index (χ1v) is 5.12. The summed E-state index contributed by atoms with van der Waals surface area (Å²) in [7, 11) is 0. The van der Waals surface area contributed by atoms with Crippen molar-refractivity contribution in [2.75, 3.05) is 0 Å². The smallest absolute Gasteiger partial charge is 0.329 e. The lowest BCUT2D eigenvalue weighted by atomic mass is 10.1. The van der Waals surface area contributed by atoms with Gasteiger partial charge in [0.15, 0.2) is 12.1 Å². The summed E-state index contributed by atoms with van der Waals surface area (Å²) in [4.78, 5) is 47.3. The lowest BCUT2D eigenvalue weighted by Crippen LogP contribution is -2.19. The molecule has 0 spiro atoms. The van der Waals surface area contributed by atoms with Crippen LogP contribution in [0.25, 0.3) is 0 Å². The molecule has 0 fully saturated rings. The van der Waals surface area contributed by atoms with Crippen molar-refractivity contribution in [3.63, 3.8) is 0 Å². The highest BCUT2D eigenvalue weighted by atomic mass is 16.4. The minimum absolute atomic E-state index is 0.0989. The molecule has 0 saturated heterocycles. The van der Waals surface area contributed by atoms with Crippen molar-refractivity contribution in [1.82, 2.24) is 0 Å². The van der Waals surface area contributed by atoms with E-state index in [4.69, 9.17) is 10.2 Å². The van der Waals surface area contributed by atoms with Gasteiger partial charge in [-0.3, -0.25) is 0 Å². The van der Waals surface area contributed by atoms with Gasteiger partial charge in [0.25, 0.3) is 0 Å². The summed E-state index contributed by atoms with van der Waals surface area (Å²) in [6.45, 7) is 0. The fraction of sp³-hybridized carbons (Fsp3) is 0.600. The van der Waals surface area contributed by atoms with Crippen molar-refractivity contribution in [2.45, 2.75) is 37.8 Å². The van der Waals surface area contributed by atoms with Gasteiger partial charge in [-0.05, 0) is 12.8 Å². The second kappa shape index (κ2) is 8.81. The Bertz CT molecular complexity index is 353. The maximum Gasteiger partial charge on any atom is 0.329 e. The standard InChI is InChI=1S/C10H12N2O6/c13-5-11-7(9(15)16)3-1-2-4-8(10(17)18)12-6-14/h7-8H,1-4H2,(H,15,16)(H,17,18). The number of carbonyl (C=O) groups excluding carboxylic acids is 2. The summed E-state index contributed by atoms with van der Waals surface area (Å²) in [6.07, 6.45) is 3.23. The highest BCUT2D eigenvalue weighted by molar-refractivity contribution is 5.75. The molecule has 0 aromatic heterocycles. The summed E-state index contributed by atoms with van der Waals surface area (Å²) in [5.74, 6) is -2.47. The van der Waals surface area contributed by atoms with Gasteiger partial charge < -0.3 is 10.2 Å². The molecule has 0 bridgehead atoms. The Morgan fingerprint density at radius 1 is 0.889 bits per heavy atom. The zero-order chi connectivity index (χ0) is 14.0. The van der Waals surface area contributed by atoms with Crippen LogP contribution in [0, 0.1) is 0 Å². The Balaban J connectivity index is 4.10. The number of rotatable bonds is 9. The largest absolute Gasteiger partial charge is 0.480 e. The molecule has 0 saturated carbocycles. The van der Waals surface area contributed by atoms with Gasteiger partial charge in [-0.2, -0.15) is 9.98 Å². The van der Waals surface area contributed by atoms with Crippen LogP contribution < -0.4 is 0 Å². The van der Waals surface area contributed by atoms with Crippen LogP contribution >= 0.6 is 0 Å². The van der Waals surface area contributed by atoms with Crippen LogP contribution in [0.4, 0.5) is 0 Å². The number of carbonyl (C=O) groups is 2. The maximum absolute atomic E-state index is 10.6. The van der Waals surface area contributed by atoms with Gasteiger partial charge in [-0.15, -0.1) is 0 Å². The molecular formula is C10H12N2O6. The maximum atomic E-state index is 10.6. The third-order valence-corrected chi connectivity index (χ3v) is 2.19. The molecule has 2 N–H and O–H groups in total. The average Bonchev–Trinajstić information content (AvgIpc) is 2.30. The summed E-state index contributed by atoms with van der Waals surface area (Å²) in [6, 6.07) is -2.33. The lowest BCUT2D eigenvalue weighted by molar-refractivity contribution is -0.139. The van der Waals surface area contributed by atoms with Gasteiger partial charge in [-0.1, -0.05) is 12.8 Å². The average molecular weight is 256 g/mol. The molecule has 0 radical (unpaired) electrons. The second-order valence-corrected chi connectivity index (χ2v) is 3.43. The zero-order valence-corrected chi connectivity index (χ0v) is 9.40. The van der Waals surface area contributed by atoms with E-state index < -0.39 is 24.0 Å². The van der Waals surface area contributed by atoms with E-state index in [2.05, 4.69) is 9.98 Å². The van der Waals surface area contributed by atoms with Crippen LogP contribution in [0.5, 0.6) is 0 Å². The summed E-state index contributed by atoms with van der Waals surface area (Å²) in [5.41, 5.74) is 0. The topological polar surface area (TPSA) is 133 Å². The molecule has 0 amide bonds. The molecule has 8 heteroatoms. The number of carboxylic acids is 2. The molecular weight excluding hydrogens is 244 g/mol. The van der Waals surface area contributed by atoms with E-state index in [9.17, 15) is 19.2 Å². The highest BCUT2D eigenvalue weighted by Gasteiger charge is 2.18. The Labute approximate surface area is 102 Å². The zero-order valence-electron chi connectivity index (χ0n) is 9.40. The molecule has 0 rings (SSSR count). The number of aliphatic imine (C=N–C) groups is 2. The first kappa shape index (κ1) is 15.7. The monoisotopic (exact) mass is 256 g/mol. The van der Waals surface area contributed by atoms with E-state index in [0.717, 1.165) is 0 Å². The number of aliphatic carboxylic acids is 2. The Hall–Kier alpha value is -2.30. The number of nitrogens with zero attached hydrogens (tertiary/aromatic N) is 2. The van der Waals surface area contributed by atoms with Crippen LogP contribution in [0.1, 0.15) is 25.7 Å². The van der Waals surface area contributed by atoms with E-state index in [1.54, 1.807) is 0 Å². The first-order valence-electron chi connectivity index (χ1n) is 5.12. The van der Waals surface area contributed by atoms with E-state index >= 15 is 0 Å². The van der Waals surface area contributed by atoms with Crippen LogP contribution in [0.3, 0.4) is 0 Å². The number of isocyanates is 2. The number of hydrogen-bond donors (Lipinski definition) is 2. The van der Waals surface area contributed by atoms with Crippen molar-refractivity contribution >= 4 is 24.1 Å². The van der Waals surface area contributed by atoms with Gasteiger partial charge in [-0.25, -0.2) is 19.2 Å². The highest BCUT2D eigenvalue weighted by Crippen LogP contribution is 2.10.